The van der Waals surface area contributed by atoms with Gasteiger partial charge in [-0.05, 0) is 49.5 Å². The molecule has 0 aliphatic heterocycles. The number of benzene rings is 1. The Labute approximate surface area is 96.2 Å². The second-order valence-corrected chi connectivity index (χ2v) is 5.10. The highest BCUT2D eigenvalue weighted by atomic mass is 16.1. The quantitative estimate of drug-likeness (QED) is 0.645. The smallest absolute Gasteiger partial charge is 0.155 e. The molecule has 1 aromatic rings. The van der Waals surface area contributed by atoms with Crippen LogP contribution in [0.5, 0.6) is 0 Å². The van der Waals surface area contributed by atoms with Gasteiger partial charge in [-0.2, -0.15) is 0 Å². The third-order valence-corrected chi connectivity index (χ3v) is 3.88. The minimum absolute atomic E-state index is 0.313. The molecule has 1 atom stereocenters. The molecule has 0 saturated carbocycles. The fraction of sp³-hybridized carbons (Fsp3) is 0.400. The van der Waals surface area contributed by atoms with Crippen LogP contribution in [0.4, 0.5) is 0 Å². The van der Waals surface area contributed by atoms with E-state index in [9.17, 15) is 4.79 Å². The number of rotatable bonds is 0. The summed E-state index contributed by atoms with van der Waals surface area (Å²) >= 11 is 0. The van der Waals surface area contributed by atoms with Crippen LogP contribution < -0.4 is 0 Å². The molecule has 0 bridgehead atoms. The number of ketones is 1. The Hall–Kier alpha value is -1.37. The van der Waals surface area contributed by atoms with E-state index < -0.39 is 0 Å². The van der Waals surface area contributed by atoms with Crippen molar-refractivity contribution in [3.05, 3.63) is 46.0 Å². The molecule has 2 aliphatic rings. The van der Waals surface area contributed by atoms with E-state index in [4.69, 9.17) is 0 Å². The molecule has 1 heteroatoms. The van der Waals surface area contributed by atoms with Gasteiger partial charge in [-0.25, -0.2) is 0 Å². The number of allylic oxidation sites excluding steroid dienone is 2. The van der Waals surface area contributed by atoms with E-state index in [-0.39, 0.29) is 0 Å². The molecular formula is C15H16O. The molecule has 3 rings (SSSR count). The summed E-state index contributed by atoms with van der Waals surface area (Å²) in [5.74, 6) is 0.847. The van der Waals surface area contributed by atoms with Crippen molar-refractivity contribution in [3.63, 3.8) is 0 Å². The molecule has 0 N–H and O–H groups in total. The number of carbonyl (C=O) groups is 1. The van der Waals surface area contributed by atoms with E-state index in [0.29, 0.717) is 11.7 Å². The Balaban J connectivity index is 2.15. The zero-order valence-corrected chi connectivity index (χ0v) is 9.84. The molecule has 0 aromatic heterocycles. The first-order chi connectivity index (χ1) is 7.65. The Kier molecular flexibility index (Phi) is 2.03. The maximum Gasteiger partial charge on any atom is 0.155 e. The van der Waals surface area contributed by atoms with Gasteiger partial charge in [0, 0.05) is 12.3 Å². The molecule has 16 heavy (non-hydrogen) atoms. The van der Waals surface area contributed by atoms with Crippen molar-refractivity contribution in [2.75, 3.05) is 0 Å². The van der Waals surface area contributed by atoms with Crippen LogP contribution in [0.2, 0.25) is 0 Å². The summed E-state index contributed by atoms with van der Waals surface area (Å²) in [6.45, 7) is 4.34. The number of hydrogen-bond acceptors (Lipinski definition) is 1. The second kappa shape index (κ2) is 3.31. The van der Waals surface area contributed by atoms with E-state index >= 15 is 0 Å². The number of hydrogen-bond donors (Lipinski definition) is 0. The molecule has 82 valence electrons. The lowest BCUT2D eigenvalue weighted by Gasteiger charge is -2.17. The first-order valence-electron chi connectivity index (χ1n) is 5.98. The Morgan fingerprint density at radius 2 is 2.06 bits per heavy atom. The van der Waals surface area contributed by atoms with Crippen molar-refractivity contribution < 1.29 is 4.79 Å². The summed E-state index contributed by atoms with van der Waals surface area (Å²) in [6.07, 6.45) is 4.63. The normalized spacial score (nSPS) is 22.8. The van der Waals surface area contributed by atoms with E-state index in [1.165, 1.54) is 27.8 Å². The van der Waals surface area contributed by atoms with Gasteiger partial charge < -0.3 is 0 Å². The van der Waals surface area contributed by atoms with Gasteiger partial charge in [-0.3, -0.25) is 4.79 Å². The van der Waals surface area contributed by atoms with Gasteiger partial charge in [0.05, 0.1) is 0 Å². The van der Waals surface area contributed by atoms with Crippen molar-refractivity contribution in [1.29, 1.82) is 0 Å². The lowest BCUT2D eigenvalue weighted by atomic mass is 9.86. The van der Waals surface area contributed by atoms with E-state index in [1.54, 1.807) is 0 Å². The van der Waals surface area contributed by atoms with Crippen molar-refractivity contribution >= 4 is 5.78 Å². The van der Waals surface area contributed by atoms with Crippen molar-refractivity contribution in [3.8, 4) is 0 Å². The summed E-state index contributed by atoms with van der Waals surface area (Å²) in [6, 6.07) is 4.56. The van der Waals surface area contributed by atoms with Crippen molar-refractivity contribution in [1.82, 2.24) is 0 Å². The predicted octanol–water partition coefficient (Wildman–Crippen LogP) is 3.23. The highest BCUT2D eigenvalue weighted by molar-refractivity contribution is 5.92. The average Bonchev–Trinajstić information content (AvgIpc) is 2.56. The second-order valence-electron chi connectivity index (χ2n) is 5.10. The highest BCUT2D eigenvalue weighted by Crippen LogP contribution is 2.44. The predicted molar refractivity (Wildman–Crippen MR) is 64.7 cm³/mol. The standard InChI is InChI=1S/C15H16O/c1-9-5-10(2)14-8-11-7-12(16)3-4-13(11)15(14)6-9/h5-7,13H,3-4,8H2,1-2H3. The zero-order chi connectivity index (χ0) is 11.3. The van der Waals surface area contributed by atoms with Gasteiger partial charge in [0.25, 0.3) is 0 Å². The van der Waals surface area contributed by atoms with Gasteiger partial charge in [-0.1, -0.05) is 23.3 Å². The summed E-state index contributed by atoms with van der Waals surface area (Å²) < 4.78 is 0. The van der Waals surface area contributed by atoms with E-state index in [1.807, 2.05) is 6.08 Å². The van der Waals surface area contributed by atoms with Gasteiger partial charge in [0.2, 0.25) is 0 Å². The third kappa shape index (κ3) is 1.35. The molecule has 0 saturated heterocycles. The number of carbonyl (C=O) groups excluding carboxylic acids is 1. The Morgan fingerprint density at radius 3 is 2.88 bits per heavy atom. The number of fused-ring (bicyclic) bond motifs is 3. The van der Waals surface area contributed by atoms with Crippen LogP contribution in [0.1, 0.15) is 41.0 Å². The van der Waals surface area contributed by atoms with Crippen LogP contribution in [0.3, 0.4) is 0 Å². The molecule has 1 aromatic carbocycles. The molecule has 0 fully saturated rings. The largest absolute Gasteiger partial charge is 0.295 e. The lowest BCUT2D eigenvalue weighted by molar-refractivity contribution is -0.115. The van der Waals surface area contributed by atoms with Crippen molar-refractivity contribution in [2.24, 2.45) is 0 Å². The van der Waals surface area contributed by atoms with E-state index in [2.05, 4.69) is 26.0 Å². The van der Waals surface area contributed by atoms with Crippen molar-refractivity contribution in [2.45, 2.75) is 39.0 Å². The summed E-state index contributed by atoms with van der Waals surface area (Å²) in [5.41, 5.74) is 7.03. The summed E-state index contributed by atoms with van der Waals surface area (Å²) in [7, 11) is 0. The minimum atomic E-state index is 0.313. The van der Waals surface area contributed by atoms with Gasteiger partial charge >= 0.3 is 0 Å². The topological polar surface area (TPSA) is 17.1 Å². The number of aryl methyl sites for hydroxylation is 2. The Morgan fingerprint density at radius 1 is 1.25 bits per heavy atom. The van der Waals surface area contributed by atoms with Crippen LogP contribution in [-0.2, 0) is 11.2 Å². The minimum Gasteiger partial charge on any atom is -0.295 e. The van der Waals surface area contributed by atoms with Gasteiger partial charge in [-0.15, -0.1) is 0 Å². The molecule has 0 heterocycles. The van der Waals surface area contributed by atoms with Crippen LogP contribution >= 0.6 is 0 Å². The van der Waals surface area contributed by atoms with Gasteiger partial charge in [0.15, 0.2) is 5.78 Å². The van der Waals surface area contributed by atoms with Gasteiger partial charge in [0.1, 0.15) is 0 Å². The van der Waals surface area contributed by atoms with Crippen LogP contribution in [0.15, 0.2) is 23.8 Å². The molecule has 0 spiro atoms. The SMILES string of the molecule is Cc1cc(C)c2c(c1)C1CCC(=O)C=C1C2. The fourth-order valence-corrected chi connectivity index (χ4v) is 3.17. The fourth-order valence-electron chi connectivity index (χ4n) is 3.17. The highest BCUT2D eigenvalue weighted by Gasteiger charge is 2.31. The summed E-state index contributed by atoms with van der Waals surface area (Å²) in [5, 5.41) is 0. The molecule has 1 unspecified atom stereocenters. The lowest BCUT2D eigenvalue weighted by Crippen LogP contribution is -2.08. The maximum atomic E-state index is 11.4. The maximum absolute atomic E-state index is 11.4. The summed E-state index contributed by atoms with van der Waals surface area (Å²) in [4.78, 5) is 11.4. The monoisotopic (exact) mass is 212 g/mol. The van der Waals surface area contributed by atoms with Crippen LogP contribution in [0.25, 0.3) is 0 Å². The Bertz CT molecular complexity index is 508. The molecule has 1 nitrogen and oxygen atoms in total. The van der Waals surface area contributed by atoms with Crippen LogP contribution in [-0.4, -0.2) is 5.78 Å². The molecule has 0 radical (unpaired) electrons. The molecular weight excluding hydrogens is 196 g/mol. The first-order valence-corrected chi connectivity index (χ1v) is 5.98. The van der Waals surface area contributed by atoms with Crippen LogP contribution in [0, 0.1) is 13.8 Å². The third-order valence-electron chi connectivity index (χ3n) is 3.88. The zero-order valence-electron chi connectivity index (χ0n) is 9.84. The molecule has 0 amide bonds. The first kappa shape index (κ1) is 9.83. The average molecular weight is 212 g/mol. The van der Waals surface area contributed by atoms with E-state index in [0.717, 1.165) is 19.3 Å². The molecule has 2 aliphatic carbocycles.